The molecule has 0 radical (unpaired) electrons. The maximum atomic E-state index is 11.9. The van der Waals surface area contributed by atoms with Crippen LogP contribution in [0.3, 0.4) is 0 Å². The van der Waals surface area contributed by atoms with Crippen molar-refractivity contribution < 1.29 is 19.4 Å². The fourth-order valence-electron chi connectivity index (χ4n) is 2.22. The molecule has 126 valence electrons. The highest BCUT2D eigenvalue weighted by molar-refractivity contribution is 5.91. The Balaban J connectivity index is 1.83. The number of phenolic OH excluding ortho intramolecular Hbond substituents is 1. The number of hydrogen-bond acceptors (Lipinski definition) is 4. The van der Waals surface area contributed by atoms with E-state index in [9.17, 15) is 14.7 Å². The first-order chi connectivity index (χ1) is 11.5. The number of esters is 1. The largest absolute Gasteiger partial charge is 0.508 e. The summed E-state index contributed by atoms with van der Waals surface area (Å²) in [6, 6.07) is 13.5. The number of amides is 1. The maximum Gasteiger partial charge on any atom is 0.338 e. The van der Waals surface area contributed by atoms with E-state index in [4.69, 9.17) is 4.74 Å². The zero-order valence-corrected chi connectivity index (χ0v) is 13.8. The van der Waals surface area contributed by atoms with Gasteiger partial charge in [0.25, 0.3) is 5.91 Å². The normalized spacial score (nSPS) is 11.6. The number of carbonyl (C=O) groups is 2. The number of nitrogens with one attached hydrogen (secondary N) is 1. The lowest BCUT2D eigenvalue weighted by atomic mass is 10.1. The van der Waals surface area contributed by atoms with Crippen LogP contribution in [0.5, 0.6) is 5.75 Å². The molecule has 2 N–H and O–H groups in total. The van der Waals surface area contributed by atoms with E-state index in [2.05, 4.69) is 12.2 Å². The molecule has 0 aromatic heterocycles. The Labute approximate surface area is 141 Å². The second-order valence-electron chi connectivity index (χ2n) is 5.51. The van der Waals surface area contributed by atoms with Gasteiger partial charge in [-0.2, -0.15) is 0 Å². The Kier molecular flexibility index (Phi) is 5.95. The zero-order valence-electron chi connectivity index (χ0n) is 13.8. The van der Waals surface area contributed by atoms with Crippen LogP contribution in [0.1, 0.15) is 41.4 Å². The second kappa shape index (κ2) is 8.15. The van der Waals surface area contributed by atoms with Crippen LogP contribution in [0.4, 0.5) is 0 Å². The fourth-order valence-corrected chi connectivity index (χ4v) is 2.22. The first-order valence-corrected chi connectivity index (χ1v) is 7.84. The Morgan fingerprint density at radius 2 is 1.71 bits per heavy atom. The van der Waals surface area contributed by atoms with Gasteiger partial charge in [0.2, 0.25) is 0 Å². The molecule has 0 spiro atoms. The average Bonchev–Trinajstić information content (AvgIpc) is 2.60. The summed E-state index contributed by atoms with van der Waals surface area (Å²) in [6.45, 7) is 3.61. The van der Waals surface area contributed by atoms with Gasteiger partial charge in [-0.15, -0.1) is 0 Å². The van der Waals surface area contributed by atoms with Crippen LogP contribution >= 0.6 is 0 Å². The van der Waals surface area contributed by atoms with E-state index in [0.717, 1.165) is 12.0 Å². The predicted octanol–water partition coefficient (Wildman–Crippen LogP) is 2.99. The standard InChI is InChI=1S/C19H21NO4/c1-3-14-4-6-15(7-5-14)13(2)20-18(22)12-24-19(23)16-8-10-17(21)11-9-16/h4-11,13,21H,3,12H2,1-2H3,(H,20,22). The van der Waals surface area contributed by atoms with Gasteiger partial charge in [-0.05, 0) is 48.7 Å². The third-order valence-electron chi connectivity index (χ3n) is 3.70. The van der Waals surface area contributed by atoms with E-state index >= 15 is 0 Å². The van der Waals surface area contributed by atoms with Crippen LogP contribution in [0.15, 0.2) is 48.5 Å². The molecule has 1 unspecified atom stereocenters. The number of ether oxygens (including phenoxy) is 1. The van der Waals surface area contributed by atoms with Crippen LogP contribution in [-0.4, -0.2) is 23.6 Å². The van der Waals surface area contributed by atoms with Gasteiger partial charge < -0.3 is 15.2 Å². The molecule has 24 heavy (non-hydrogen) atoms. The van der Waals surface area contributed by atoms with Crippen molar-refractivity contribution >= 4 is 11.9 Å². The molecule has 2 aromatic carbocycles. The lowest BCUT2D eigenvalue weighted by Gasteiger charge is -2.15. The summed E-state index contributed by atoms with van der Waals surface area (Å²) in [5, 5.41) is 12.0. The van der Waals surface area contributed by atoms with Gasteiger partial charge in [-0.25, -0.2) is 4.79 Å². The van der Waals surface area contributed by atoms with Crippen LogP contribution in [0.25, 0.3) is 0 Å². The molecule has 0 bridgehead atoms. The lowest BCUT2D eigenvalue weighted by molar-refractivity contribution is -0.124. The smallest absolute Gasteiger partial charge is 0.338 e. The Hall–Kier alpha value is -2.82. The molecule has 0 saturated heterocycles. The molecule has 0 saturated carbocycles. The number of phenols is 1. The monoisotopic (exact) mass is 327 g/mol. The first-order valence-electron chi connectivity index (χ1n) is 7.84. The highest BCUT2D eigenvalue weighted by atomic mass is 16.5. The molecule has 5 nitrogen and oxygen atoms in total. The van der Waals surface area contributed by atoms with Crippen molar-refractivity contribution in [3.8, 4) is 5.75 Å². The molecule has 0 fully saturated rings. The van der Waals surface area contributed by atoms with Gasteiger partial charge in [-0.3, -0.25) is 4.79 Å². The Bertz CT molecular complexity index is 692. The third kappa shape index (κ3) is 4.84. The van der Waals surface area contributed by atoms with E-state index in [-0.39, 0.29) is 29.9 Å². The molecule has 0 heterocycles. The molecule has 1 amide bonds. The van der Waals surface area contributed by atoms with Crippen molar-refractivity contribution in [3.05, 3.63) is 65.2 Å². The zero-order chi connectivity index (χ0) is 17.5. The van der Waals surface area contributed by atoms with E-state index in [1.807, 2.05) is 31.2 Å². The summed E-state index contributed by atoms with van der Waals surface area (Å²) in [7, 11) is 0. The fraction of sp³-hybridized carbons (Fsp3) is 0.263. The molecule has 0 aliphatic rings. The SMILES string of the molecule is CCc1ccc(C(C)NC(=O)COC(=O)c2ccc(O)cc2)cc1. The van der Waals surface area contributed by atoms with Gasteiger partial charge in [0.1, 0.15) is 5.75 Å². The molecule has 0 aliphatic carbocycles. The number of benzene rings is 2. The van der Waals surface area contributed by atoms with Crippen molar-refractivity contribution in [2.45, 2.75) is 26.3 Å². The minimum absolute atomic E-state index is 0.0622. The number of aromatic hydroxyl groups is 1. The average molecular weight is 327 g/mol. The number of rotatable bonds is 6. The molecule has 2 rings (SSSR count). The van der Waals surface area contributed by atoms with Crippen LogP contribution < -0.4 is 5.32 Å². The van der Waals surface area contributed by atoms with Crippen molar-refractivity contribution in [1.82, 2.24) is 5.32 Å². The lowest BCUT2D eigenvalue weighted by Crippen LogP contribution is -2.31. The van der Waals surface area contributed by atoms with E-state index in [1.165, 1.54) is 29.8 Å². The van der Waals surface area contributed by atoms with Crippen LogP contribution in [0, 0.1) is 0 Å². The van der Waals surface area contributed by atoms with E-state index in [1.54, 1.807) is 0 Å². The summed E-state index contributed by atoms with van der Waals surface area (Å²) >= 11 is 0. The number of hydrogen-bond donors (Lipinski definition) is 2. The van der Waals surface area contributed by atoms with Crippen LogP contribution in [0.2, 0.25) is 0 Å². The van der Waals surface area contributed by atoms with Crippen molar-refractivity contribution in [2.75, 3.05) is 6.61 Å². The van der Waals surface area contributed by atoms with Crippen LogP contribution in [-0.2, 0) is 16.0 Å². The quantitative estimate of drug-likeness (QED) is 0.800. The first kappa shape index (κ1) is 17.5. The number of aryl methyl sites for hydroxylation is 1. The minimum Gasteiger partial charge on any atom is -0.508 e. The topological polar surface area (TPSA) is 75.6 Å². The summed E-state index contributed by atoms with van der Waals surface area (Å²) in [5.74, 6) is -0.911. The van der Waals surface area contributed by atoms with Crippen molar-refractivity contribution in [1.29, 1.82) is 0 Å². The van der Waals surface area contributed by atoms with Gasteiger partial charge in [0, 0.05) is 0 Å². The molecule has 0 aliphatic heterocycles. The van der Waals surface area contributed by atoms with Gasteiger partial charge >= 0.3 is 5.97 Å². The number of carbonyl (C=O) groups excluding carboxylic acids is 2. The maximum absolute atomic E-state index is 11.9. The molecule has 5 heteroatoms. The Morgan fingerprint density at radius 1 is 1.08 bits per heavy atom. The summed E-state index contributed by atoms with van der Waals surface area (Å²) < 4.78 is 4.97. The highest BCUT2D eigenvalue weighted by Crippen LogP contribution is 2.14. The minimum atomic E-state index is -0.606. The van der Waals surface area contributed by atoms with E-state index < -0.39 is 5.97 Å². The van der Waals surface area contributed by atoms with Crippen molar-refractivity contribution in [2.24, 2.45) is 0 Å². The molecular formula is C19H21NO4. The van der Waals surface area contributed by atoms with E-state index in [0.29, 0.717) is 0 Å². The predicted molar refractivity (Wildman–Crippen MR) is 90.8 cm³/mol. The summed E-state index contributed by atoms with van der Waals surface area (Å²) in [5.41, 5.74) is 2.51. The molecular weight excluding hydrogens is 306 g/mol. The van der Waals surface area contributed by atoms with Crippen molar-refractivity contribution in [3.63, 3.8) is 0 Å². The summed E-state index contributed by atoms with van der Waals surface area (Å²) in [4.78, 5) is 23.7. The second-order valence-corrected chi connectivity index (χ2v) is 5.51. The highest BCUT2D eigenvalue weighted by Gasteiger charge is 2.13. The summed E-state index contributed by atoms with van der Waals surface area (Å²) in [6.07, 6.45) is 0.967. The third-order valence-corrected chi connectivity index (χ3v) is 3.70. The molecule has 1 atom stereocenters. The Morgan fingerprint density at radius 3 is 2.29 bits per heavy atom. The van der Waals surface area contributed by atoms with Gasteiger partial charge in [0.05, 0.1) is 11.6 Å². The molecule has 2 aromatic rings. The van der Waals surface area contributed by atoms with Gasteiger partial charge in [0.15, 0.2) is 6.61 Å². The van der Waals surface area contributed by atoms with Gasteiger partial charge in [-0.1, -0.05) is 31.2 Å².